The van der Waals surface area contributed by atoms with Gasteiger partial charge in [0.05, 0.1) is 23.4 Å². The van der Waals surface area contributed by atoms with Crippen LogP contribution < -0.4 is 4.72 Å². The first-order valence-electron chi connectivity index (χ1n) is 7.76. The molecule has 0 amide bonds. The smallest absolute Gasteiger partial charge is 0.261 e. The molecule has 0 saturated carbocycles. The predicted molar refractivity (Wildman–Crippen MR) is 88.8 cm³/mol. The summed E-state index contributed by atoms with van der Waals surface area (Å²) in [6.45, 7) is 2.90. The zero-order chi connectivity index (χ0) is 16.3. The summed E-state index contributed by atoms with van der Waals surface area (Å²) < 4.78 is 33.0. The summed E-state index contributed by atoms with van der Waals surface area (Å²) in [6.07, 6.45) is 4.60. The van der Waals surface area contributed by atoms with Gasteiger partial charge >= 0.3 is 0 Å². The van der Waals surface area contributed by atoms with Crippen molar-refractivity contribution in [3.05, 3.63) is 53.3 Å². The van der Waals surface area contributed by atoms with Crippen LogP contribution in [0.3, 0.4) is 0 Å². The Kier molecular flexibility index (Phi) is 4.63. The highest BCUT2D eigenvalue weighted by molar-refractivity contribution is 7.92. The van der Waals surface area contributed by atoms with Gasteiger partial charge in [0, 0.05) is 12.3 Å². The molecule has 122 valence electrons. The molecule has 0 atom stereocenters. The van der Waals surface area contributed by atoms with Gasteiger partial charge in [-0.2, -0.15) is 0 Å². The molecule has 1 aliphatic rings. The van der Waals surface area contributed by atoms with Crippen LogP contribution in [0, 0.1) is 0 Å². The summed E-state index contributed by atoms with van der Waals surface area (Å²) in [6, 6.07) is 8.68. The number of nitrogens with one attached hydrogen (secondary N) is 1. The number of anilines is 1. The number of hydrogen-bond donors (Lipinski definition) is 1. The second-order valence-corrected chi connectivity index (χ2v) is 7.26. The van der Waals surface area contributed by atoms with Gasteiger partial charge in [-0.05, 0) is 55.5 Å². The highest BCUT2D eigenvalue weighted by Gasteiger charge is 2.17. The molecule has 1 aromatic heterocycles. The lowest BCUT2D eigenvalue weighted by Gasteiger charge is -2.10. The minimum atomic E-state index is -3.62. The third-order valence-electron chi connectivity index (χ3n) is 3.85. The maximum absolute atomic E-state index is 12.5. The minimum Gasteiger partial charge on any atom is -0.377 e. The second-order valence-electron chi connectivity index (χ2n) is 5.57. The first-order chi connectivity index (χ1) is 11.1. The lowest BCUT2D eigenvalue weighted by molar-refractivity contribution is 0.134. The topological polar surface area (TPSA) is 68.3 Å². The predicted octanol–water partition coefficient (Wildman–Crippen LogP) is 2.91. The van der Waals surface area contributed by atoms with Crippen LogP contribution in [0.1, 0.15) is 30.2 Å². The molecule has 1 aromatic carbocycles. The molecule has 1 N–H and O–H groups in total. The van der Waals surface area contributed by atoms with E-state index in [9.17, 15) is 8.42 Å². The molecule has 0 spiro atoms. The molecule has 0 unspecified atom stereocenters. The van der Waals surface area contributed by atoms with Crippen molar-refractivity contribution in [2.45, 2.75) is 37.7 Å². The molecule has 6 heteroatoms. The summed E-state index contributed by atoms with van der Waals surface area (Å²) in [5, 5.41) is 0. The van der Waals surface area contributed by atoms with Gasteiger partial charge in [0.1, 0.15) is 0 Å². The molecular weight excluding hydrogens is 312 g/mol. The van der Waals surface area contributed by atoms with E-state index in [4.69, 9.17) is 4.74 Å². The van der Waals surface area contributed by atoms with Crippen molar-refractivity contribution in [3.8, 4) is 0 Å². The van der Waals surface area contributed by atoms with E-state index < -0.39 is 10.0 Å². The highest BCUT2D eigenvalue weighted by atomic mass is 32.2. The Labute approximate surface area is 136 Å². The Morgan fingerprint density at radius 1 is 1.26 bits per heavy atom. The zero-order valence-electron chi connectivity index (χ0n) is 13.1. The van der Waals surface area contributed by atoms with Crippen LogP contribution in [-0.4, -0.2) is 20.0 Å². The number of nitrogens with zero attached hydrogens (tertiary/aromatic N) is 1. The average molecular weight is 332 g/mol. The lowest BCUT2D eigenvalue weighted by atomic mass is 10.2. The van der Waals surface area contributed by atoms with Crippen molar-refractivity contribution >= 4 is 15.7 Å². The van der Waals surface area contributed by atoms with E-state index >= 15 is 0 Å². The fraction of sp³-hybridized carbons (Fsp3) is 0.353. The molecule has 0 saturated heterocycles. The van der Waals surface area contributed by atoms with E-state index in [1.54, 1.807) is 24.4 Å². The van der Waals surface area contributed by atoms with Crippen molar-refractivity contribution in [3.63, 3.8) is 0 Å². The van der Waals surface area contributed by atoms with E-state index in [1.165, 1.54) is 0 Å². The van der Waals surface area contributed by atoms with E-state index in [-0.39, 0.29) is 4.90 Å². The van der Waals surface area contributed by atoms with Crippen LogP contribution in [0.2, 0.25) is 0 Å². The first-order valence-corrected chi connectivity index (χ1v) is 9.24. The third-order valence-corrected chi connectivity index (χ3v) is 5.23. The Bertz CT molecular complexity index is 803. The molecule has 5 nitrogen and oxygen atoms in total. The van der Waals surface area contributed by atoms with Gasteiger partial charge < -0.3 is 4.74 Å². The highest BCUT2D eigenvalue weighted by Crippen LogP contribution is 2.24. The second kappa shape index (κ2) is 6.68. The summed E-state index contributed by atoms with van der Waals surface area (Å²) in [5.74, 6) is 0. The average Bonchev–Trinajstić information content (AvgIpc) is 3.00. The quantitative estimate of drug-likeness (QED) is 0.883. The molecule has 0 bridgehead atoms. The van der Waals surface area contributed by atoms with Gasteiger partial charge in [0.2, 0.25) is 0 Å². The molecule has 0 fully saturated rings. The monoisotopic (exact) mass is 332 g/mol. The number of ether oxygens (including phenoxy) is 1. The molecular formula is C17H20N2O3S. The largest absolute Gasteiger partial charge is 0.377 e. The molecule has 1 heterocycles. The van der Waals surface area contributed by atoms with Gasteiger partial charge in [-0.25, -0.2) is 8.42 Å². The van der Waals surface area contributed by atoms with Crippen LogP contribution in [-0.2, 0) is 34.2 Å². The van der Waals surface area contributed by atoms with Gasteiger partial charge in [-0.3, -0.25) is 9.71 Å². The van der Waals surface area contributed by atoms with E-state index in [0.717, 1.165) is 36.1 Å². The Morgan fingerprint density at radius 2 is 2.13 bits per heavy atom. The zero-order valence-corrected chi connectivity index (χ0v) is 13.9. The van der Waals surface area contributed by atoms with E-state index in [0.29, 0.717) is 18.9 Å². The fourth-order valence-electron chi connectivity index (χ4n) is 2.72. The van der Waals surface area contributed by atoms with Crippen molar-refractivity contribution in [2.75, 3.05) is 11.3 Å². The van der Waals surface area contributed by atoms with Crippen LogP contribution in [0.15, 0.2) is 41.4 Å². The maximum atomic E-state index is 12.5. The summed E-state index contributed by atoms with van der Waals surface area (Å²) in [4.78, 5) is 4.58. The van der Waals surface area contributed by atoms with Gasteiger partial charge in [0.15, 0.2) is 0 Å². The summed E-state index contributed by atoms with van der Waals surface area (Å²) >= 11 is 0. The molecule has 1 aliphatic carbocycles. The number of aromatic nitrogens is 1. The van der Waals surface area contributed by atoms with E-state index in [1.807, 2.05) is 19.1 Å². The van der Waals surface area contributed by atoms with Gasteiger partial charge in [0.25, 0.3) is 10.0 Å². The number of fused-ring (bicyclic) bond motifs is 1. The van der Waals surface area contributed by atoms with E-state index in [2.05, 4.69) is 9.71 Å². The fourth-order valence-corrected chi connectivity index (χ4v) is 3.82. The Balaban J connectivity index is 1.81. The molecule has 23 heavy (non-hydrogen) atoms. The van der Waals surface area contributed by atoms with Gasteiger partial charge in [-0.1, -0.05) is 12.1 Å². The van der Waals surface area contributed by atoms with Crippen LogP contribution in [0.5, 0.6) is 0 Å². The molecule has 3 rings (SSSR count). The number of rotatable bonds is 6. The number of aryl methyl sites for hydroxylation is 2. The standard InChI is InChI=1S/C17H20N2O3S/c1-2-22-12-13-5-3-7-16(9-13)23(20,21)19-15-10-14-6-4-8-17(14)18-11-15/h3,5,7,9-11,19H,2,4,6,8,12H2,1H3. The minimum absolute atomic E-state index is 0.232. The summed E-state index contributed by atoms with van der Waals surface area (Å²) in [7, 11) is -3.62. The van der Waals surface area contributed by atoms with Crippen molar-refractivity contribution < 1.29 is 13.2 Å². The Hall–Kier alpha value is -1.92. The third kappa shape index (κ3) is 3.71. The molecule has 0 aliphatic heterocycles. The normalized spacial score (nSPS) is 13.8. The number of benzene rings is 1. The Morgan fingerprint density at radius 3 is 2.96 bits per heavy atom. The van der Waals surface area contributed by atoms with Crippen molar-refractivity contribution in [1.82, 2.24) is 4.98 Å². The first kappa shape index (κ1) is 16.0. The van der Waals surface area contributed by atoms with Gasteiger partial charge in [-0.15, -0.1) is 0 Å². The number of sulfonamides is 1. The maximum Gasteiger partial charge on any atom is 0.261 e. The van der Waals surface area contributed by atoms with Crippen LogP contribution in [0.4, 0.5) is 5.69 Å². The van der Waals surface area contributed by atoms with Crippen molar-refractivity contribution in [1.29, 1.82) is 0 Å². The summed E-state index contributed by atoms with van der Waals surface area (Å²) in [5.41, 5.74) is 3.56. The lowest BCUT2D eigenvalue weighted by Crippen LogP contribution is -2.14. The SMILES string of the molecule is CCOCc1cccc(S(=O)(=O)Nc2cnc3c(c2)CCC3)c1. The molecule has 0 radical (unpaired) electrons. The van der Waals surface area contributed by atoms with Crippen LogP contribution in [0.25, 0.3) is 0 Å². The van der Waals surface area contributed by atoms with Crippen molar-refractivity contribution in [2.24, 2.45) is 0 Å². The van der Waals surface area contributed by atoms with Crippen LogP contribution >= 0.6 is 0 Å². The number of hydrogen-bond acceptors (Lipinski definition) is 4. The number of pyridine rings is 1. The molecule has 2 aromatic rings.